The predicted molar refractivity (Wildman–Crippen MR) is 84.7 cm³/mol. The van der Waals surface area contributed by atoms with Gasteiger partial charge in [-0.2, -0.15) is 4.31 Å². The molecule has 1 aromatic rings. The Morgan fingerprint density at radius 2 is 2.05 bits per heavy atom. The molecule has 120 valence electrons. The van der Waals surface area contributed by atoms with E-state index in [0.717, 1.165) is 31.6 Å². The van der Waals surface area contributed by atoms with Gasteiger partial charge in [0, 0.05) is 37.1 Å². The lowest BCUT2D eigenvalue weighted by Gasteiger charge is -2.30. The van der Waals surface area contributed by atoms with Crippen LogP contribution in [0.5, 0.6) is 0 Å². The third-order valence-corrected chi connectivity index (χ3v) is 6.35. The van der Waals surface area contributed by atoms with Gasteiger partial charge in [-0.05, 0) is 46.2 Å². The number of hydrogen-bond acceptors (Lipinski definition) is 3. The Bertz CT molecular complexity index is 590. The molecule has 0 amide bonds. The predicted octanol–water partition coefficient (Wildman–Crippen LogP) is 2.18. The number of nitrogens with zero attached hydrogens (tertiary/aromatic N) is 2. The number of aromatic nitrogens is 1. The van der Waals surface area contributed by atoms with Crippen molar-refractivity contribution < 1.29 is 8.42 Å². The highest BCUT2D eigenvalue weighted by Gasteiger charge is 2.41. The first-order valence-electron chi connectivity index (χ1n) is 7.75. The molecule has 0 aliphatic carbocycles. The molecule has 1 fully saturated rings. The lowest BCUT2D eigenvalue weighted by atomic mass is 10.0. The van der Waals surface area contributed by atoms with E-state index in [1.807, 2.05) is 38.3 Å². The van der Waals surface area contributed by atoms with Crippen LogP contribution in [0.25, 0.3) is 0 Å². The summed E-state index contributed by atoms with van der Waals surface area (Å²) >= 11 is 0. The first kappa shape index (κ1) is 16.5. The summed E-state index contributed by atoms with van der Waals surface area (Å²) in [6, 6.07) is 1.82. The van der Waals surface area contributed by atoms with Crippen molar-refractivity contribution in [3.05, 3.63) is 18.0 Å². The van der Waals surface area contributed by atoms with Crippen LogP contribution < -0.4 is 5.32 Å². The summed E-state index contributed by atoms with van der Waals surface area (Å²) in [5.41, 5.74) is 0.740. The lowest BCUT2D eigenvalue weighted by Crippen LogP contribution is -2.42. The highest BCUT2D eigenvalue weighted by Crippen LogP contribution is 2.34. The first-order valence-corrected chi connectivity index (χ1v) is 9.19. The zero-order valence-corrected chi connectivity index (χ0v) is 14.3. The number of hydrogen-bond donors (Lipinski definition) is 1. The van der Waals surface area contributed by atoms with Crippen LogP contribution in [0.15, 0.2) is 17.2 Å². The summed E-state index contributed by atoms with van der Waals surface area (Å²) in [6.45, 7) is 11.1. The Labute approximate surface area is 128 Å². The standard InChI is InChI=1S/C15H27N3O2S/c1-5-16-11-13-10-14(12-17(13)6-2)21(19,20)18-9-7-8-15(18,3)4/h10,12,16H,5-9,11H2,1-4H3. The molecule has 0 saturated carbocycles. The van der Waals surface area contributed by atoms with E-state index in [-0.39, 0.29) is 5.54 Å². The molecule has 0 bridgehead atoms. The Balaban J connectivity index is 2.34. The van der Waals surface area contributed by atoms with Gasteiger partial charge in [-0.15, -0.1) is 0 Å². The fourth-order valence-corrected chi connectivity index (χ4v) is 4.93. The van der Waals surface area contributed by atoms with E-state index in [1.165, 1.54) is 0 Å². The van der Waals surface area contributed by atoms with Gasteiger partial charge in [-0.25, -0.2) is 8.42 Å². The van der Waals surface area contributed by atoms with Crippen molar-refractivity contribution in [1.29, 1.82) is 0 Å². The normalized spacial score (nSPS) is 19.2. The van der Waals surface area contributed by atoms with Crippen LogP contribution in [0, 0.1) is 0 Å². The van der Waals surface area contributed by atoms with E-state index in [1.54, 1.807) is 10.5 Å². The quantitative estimate of drug-likeness (QED) is 0.876. The fourth-order valence-electron chi connectivity index (χ4n) is 3.02. The van der Waals surface area contributed by atoms with E-state index < -0.39 is 10.0 Å². The van der Waals surface area contributed by atoms with Gasteiger partial charge in [0.1, 0.15) is 4.90 Å². The molecule has 2 rings (SSSR count). The van der Waals surface area contributed by atoms with Crippen LogP contribution in [0.2, 0.25) is 0 Å². The molecule has 5 nitrogen and oxygen atoms in total. The van der Waals surface area contributed by atoms with Gasteiger partial charge in [0.15, 0.2) is 0 Å². The molecule has 6 heteroatoms. The van der Waals surface area contributed by atoms with E-state index >= 15 is 0 Å². The van der Waals surface area contributed by atoms with Gasteiger partial charge in [-0.3, -0.25) is 0 Å². The van der Waals surface area contributed by atoms with Gasteiger partial charge in [0.2, 0.25) is 10.0 Å². The number of aryl methyl sites for hydroxylation is 1. The molecule has 1 aromatic heterocycles. The molecular weight excluding hydrogens is 286 g/mol. The summed E-state index contributed by atoms with van der Waals surface area (Å²) in [6.07, 6.45) is 3.63. The molecular formula is C15H27N3O2S. The molecule has 1 saturated heterocycles. The number of sulfonamides is 1. The van der Waals surface area contributed by atoms with Crippen molar-refractivity contribution in [2.24, 2.45) is 0 Å². The molecule has 0 unspecified atom stereocenters. The maximum atomic E-state index is 12.9. The maximum absolute atomic E-state index is 12.9. The summed E-state index contributed by atoms with van der Waals surface area (Å²) in [4.78, 5) is 0.423. The summed E-state index contributed by atoms with van der Waals surface area (Å²) in [7, 11) is -3.40. The van der Waals surface area contributed by atoms with E-state index in [0.29, 0.717) is 18.0 Å². The number of rotatable bonds is 6. The monoisotopic (exact) mass is 313 g/mol. The van der Waals surface area contributed by atoms with Crippen molar-refractivity contribution >= 4 is 10.0 Å². The van der Waals surface area contributed by atoms with Gasteiger partial charge < -0.3 is 9.88 Å². The molecule has 0 atom stereocenters. The third-order valence-electron chi connectivity index (χ3n) is 4.27. The molecule has 1 aliphatic rings. The summed E-state index contributed by atoms with van der Waals surface area (Å²) in [5.74, 6) is 0. The summed E-state index contributed by atoms with van der Waals surface area (Å²) < 4.78 is 29.5. The Kier molecular flexibility index (Phi) is 4.80. The topological polar surface area (TPSA) is 54.3 Å². The van der Waals surface area contributed by atoms with Crippen molar-refractivity contribution in [3.8, 4) is 0 Å². The third kappa shape index (κ3) is 3.17. The van der Waals surface area contributed by atoms with Crippen molar-refractivity contribution in [2.45, 2.75) is 64.1 Å². The Morgan fingerprint density at radius 3 is 2.57 bits per heavy atom. The van der Waals surface area contributed by atoms with Crippen molar-refractivity contribution in [2.75, 3.05) is 13.1 Å². The Hall–Kier alpha value is -0.850. The van der Waals surface area contributed by atoms with Gasteiger partial charge in [0.05, 0.1) is 0 Å². The smallest absolute Gasteiger partial charge is 0.245 e. The second-order valence-corrected chi connectivity index (χ2v) is 8.09. The van der Waals surface area contributed by atoms with Crippen LogP contribution in [0.3, 0.4) is 0 Å². The average Bonchev–Trinajstić information content (AvgIpc) is 2.99. The zero-order valence-electron chi connectivity index (χ0n) is 13.5. The second-order valence-electron chi connectivity index (χ2n) is 6.23. The summed E-state index contributed by atoms with van der Waals surface area (Å²) in [5, 5.41) is 3.26. The number of nitrogens with one attached hydrogen (secondary N) is 1. The Morgan fingerprint density at radius 1 is 1.33 bits per heavy atom. The largest absolute Gasteiger partial charge is 0.349 e. The SMILES string of the molecule is CCNCc1cc(S(=O)(=O)N2CCCC2(C)C)cn1CC. The fraction of sp³-hybridized carbons (Fsp3) is 0.733. The minimum absolute atomic E-state index is 0.283. The molecule has 0 aromatic carbocycles. The van der Waals surface area contributed by atoms with Gasteiger partial charge in [-0.1, -0.05) is 6.92 Å². The highest BCUT2D eigenvalue weighted by atomic mass is 32.2. The highest BCUT2D eigenvalue weighted by molar-refractivity contribution is 7.89. The molecule has 0 radical (unpaired) electrons. The second kappa shape index (κ2) is 6.10. The van der Waals surface area contributed by atoms with Crippen molar-refractivity contribution in [3.63, 3.8) is 0 Å². The van der Waals surface area contributed by atoms with Gasteiger partial charge in [0.25, 0.3) is 0 Å². The molecule has 0 spiro atoms. The maximum Gasteiger partial charge on any atom is 0.245 e. The molecule has 2 heterocycles. The lowest BCUT2D eigenvalue weighted by molar-refractivity contribution is 0.291. The van der Waals surface area contributed by atoms with Crippen LogP contribution in [-0.2, 0) is 23.1 Å². The van der Waals surface area contributed by atoms with Crippen LogP contribution >= 0.6 is 0 Å². The average molecular weight is 313 g/mol. The van der Waals surface area contributed by atoms with Crippen molar-refractivity contribution in [1.82, 2.24) is 14.2 Å². The van der Waals surface area contributed by atoms with E-state index in [9.17, 15) is 8.42 Å². The molecule has 21 heavy (non-hydrogen) atoms. The van der Waals surface area contributed by atoms with Gasteiger partial charge >= 0.3 is 0 Å². The van der Waals surface area contributed by atoms with E-state index in [2.05, 4.69) is 5.32 Å². The van der Waals surface area contributed by atoms with Crippen LogP contribution in [-0.4, -0.2) is 35.9 Å². The van der Waals surface area contributed by atoms with E-state index in [4.69, 9.17) is 0 Å². The molecule has 1 aliphatic heterocycles. The first-order chi connectivity index (χ1) is 9.82. The van der Waals surface area contributed by atoms with Crippen LogP contribution in [0.4, 0.5) is 0 Å². The molecule has 1 N–H and O–H groups in total. The van der Waals surface area contributed by atoms with Crippen LogP contribution in [0.1, 0.15) is 46.2 Å². The minimum Gasteiger partial charge on any atom is -0.349 e. The zero-order chi connectivity index (χ0) is 15.7. The minimum atomic E-state index is -3.40.